The van der Waals surface area contributed by atoms with Gasteiger partial charge in [-0.25, -0.2) is 9.97 Å². The fraction of sp³-hybridized carbons (Fsp3) is 0.636. The molecule has 1 aromatic rings. The first-order valence-corrected chi connectivity index (χ1v) is 5.88. The minimum atomic E-state index is -0.654. The van der Waals surface area contributed by atoms with Crippen LogP contribution in [0.1, 0.15) is 19.2 Å². The number of aromatic nitrogens is 2. The molecule has 6 heteroatoms. The van der Waals surface area contributed by atoms with Crippen molar-refractivity contribution in [2.45, 2.75) is 25.6 Å². The first-order chi connectivity index (χ1) is 8.00. The quantitative estimate of drug-likeness (QED) is 0.826. The number of halogens is 1. The lowest BCUT2D eigenvalue weighted by Gasteiger charge is -2.20. The molecule has 1 aliphatic rings. The molecule has 0 bridgehead atoms. The molecule has 17 heavy (non-hydrogen) atoms. The maximum atomic E-state index is 9.93. The van der Waals surface area contributed by atoms with E-state index in [0.29, 0.717) is 24.1 Å². The molecule has 0 amide bonds. The zero-order valence-electron chi connectivity index (χ0n) is 9.98. The third kappa shape index (κ3) is 3.06. The molecule has 2 heterocycles. The third-order valence-corrected chi connectivity index (χ3v) is 2.97. The van der Waals surface area contributed by atoms with Crippen molar-refractivity contribution in [3.8, 4) is 0 Å². The number of methoxy groups -OCH3 is 1. The Kier molecular flexibility index (Phi) is 3.51. The monoisotopic (exact) mass is 257 g/mol. The number of ether oxygens (including phenoxy) is 1. The summed E-state index contributed by atoms with van der Waals surface area (Å²) in [6.45, 7) is 3.49. The van der Waals surface area contributed by atoms with E-state index in [1.165, 1.54) is 0 Å². The summed E-state index contributed by atoms with van der Waals surface area (Å²) >= 11 is 5.94. The molecule has 0 aromatic carbocycles. The summed E-state index contributed by atoms with van der Waals surface area (Å²) in [6.07, 6.45) is 0.730. The fourth-order valence-electron chi connectivity index (χ4n) is 1.95. The lowest BCUT2D eigenvalue weighted by Crippen LogP contribution is -2.30. The molecule has 1 unspecified atom stereocenters. The summed E-state index contributed by atoms with van der Waals surface area (Å²) in [5, 5.41) is 10.3. The van der Waals surface area contributed by atoms with Crippen molar-refractivity contribution in [1.82, 2.24) is 9.97 Å². The molecule has 5 nitrogen and oxygen atoms in total. The number of β-amino-alcohol motifs (C(OH)–C–C–N with tert-alkyl or cyclic N) is 1. The lowest BCUT2D eigenvalue weighted by atomic mass is 10.1. The Balaban J connectivity index is 2.21. The fourth-order valence-corrected chi connectivity index (χ4v) is 2.14. The third-order valence-electron chi connectivity index (χ3n) is 2.78. The van der Waals surface area contributed by atoms with Gasteiger partial charge in [-0.1, -0.05) is 11.6 Å². The van der Waals surface area contributed by atoms with Crippen LogP contribution < -0.4 is 4.90 Å². The van der Waals surface area contributed by atoms with Gasteiger partial charge in [0.2, 0.25) is 0 Å². The second-order valence-electron chi connectivity index (χ2n) is 4.57. The van der Waals surface area contributed by atoms with Crippen LogP contribution in [0.15, 0.2) is 6.07 Å². The Morgan fingerprint density at radius 1 is 1.59 bits per heavy atom. The Labute approximate surface area is 105 Å². The van der Waals surface area contributed by atoms with Gasteiger partial charge in [0.1, 0.15) is 17.6 Å². The van der Waals surface area contributed by atoms with E-state index in [1.807, 2.05) is 11.8 Å². The van der Waals surface area contributed by atoms with Crippen molar-refractivity contribution in [2.75, 3.05) is 25.1 Å². The standard InChI is InChI=1S/C11H16ClN3O2/c1-11(16)3-4-15(7-11)10-5-8(12)13-9(14-10)6-17-2/h5,16H,3-4,6-7H2,1-2H3. The van der Waals surface area contributed by atoms with E-state index in [-0.39, 0.29) is 0 Å². The number of rotatable bonds is 3. The predicted molar refractivity (Wildman–Crippen MR) is 65.2 cm³/mol. The second kappa shape index (κ2) is 4.76. The largest absolute Gasteiger partial charge is 0.388 e. The molecule has 1 saturated heterocycles. The van der Waals surface area contributed by atoms with E-state index in [0.717, 1.165) is 18.8 Å². The molecular weight excluding hydrogens is 242 g/mol. The van der Waals surface area contributed by atoms with Gasteiger partial charge in [0.25, 0.3) is 0 Å². The maximum Gasteiger partial charge on any atom is 0.158 e. The topological polar surface area (TPSA) is 58.5 Å². The highest BCUT2D eigenvalue weighted by Crippen LogP contribution is 2.26. The number of anilines is 1. The lowest BCUT2D eigenvalue weighted by molar-refractivity contribution is 0.0839. The summed E-state index contributed by atoms with van der Waals surface area (Å²) < 4.78 is 4.99. The van der Waals surface area contributed by atoms with Gasteiger partial charge in [-0.05, 0) is 13.3 Å². The van der Waals surface area contributed by atoms with Gasteiger partial charge in [-0.2, -0.15) is 0 Å². The predicted octanol–water partition coefficient (Wildman–Crippen LogP) is 1.24. The van der Waals surface area contributed by atoms with Gasteiger partial charge in [0.05, 0.1) is 5.60 Å². The number of hydrogen-bond donors (Lipinski definition) is 1. The SMILES string of the molecule is COCc1nc(Cl)cc(N2CCC(C)(O)C2)n1. The van der Waals surface area contributed by atoms with Crippen molar-refractivity contribution in [1.29, 1.82) is 0 Å². The number of nitrogens with zero attached hydrogens (tertiary/aromatic N) is 3. The van der Waals surface area contributed by atoms with Crippen molar-refractivity contribution >= 4 is 17.4 Å². The molecule has 1 fully saturated rings. The van der Waals surface area contributed by atoms with Crippen LogP contribution in [-0.2, 0) is 11.3 Å². The van der Waals surface area contributed by atoms with Crippen LogP contribution >= 0.6 is 11.6 Å². The second-order valence-corrected chi connectivity index (χ2v) is 4.95. The van der Waals surface area contributed by atoms with Gasteiger partial charge in [0.15, 0.2) is 5.82 Å². The molecule has 1 aliphatic heterocycles. The number of hydrogen-bond acceptors (Lipinski definition) is 5. The molecule has 0 radical (unpaired) electrons. The van der Waals surface area contributed by atoms with E-state index >= 15 is 0 Å². The highest BCUT2D eigenvalue weighted by Gasteiger charge is 2.32. The zero-order valence-corrected chi connectivity index (χ0v) is 10.7. The first kappa shape index (κ1) is 12.5. The van der Waals surface area contributed by atoms with Gasteiger partial charge < -0.3 is 14.7 Å². The minimum absolute atomic E-state index is 0.331. The zero-order chi connectivity index (χ0) is 12.5. The van der Waals surface area contributed by atoms with Crippen LogP contribution in [0.3, 0.4) is 0 Å². The molecule has 1 N–H and O–H groups in total. The maximum absolute atomic E-state index is 9.93. The average Bonchev–Trinajstić information content (AvgIpc) is 2.58. The van der Waals surface area contributed by atoms with Gasteiger partial charge >= 0.3 is 0 Å². The van der Waals surface area contributed by atoms with Crippen molar-refractivity contribution in [2.24, 2.45) is 0 Å². The van der Waals surface area contributed by atoms with Crippen LogP contribution in [0, 0.1) is 0 Å². The first-order valence-electron chi connectivity index (χ1n) is 5.50. The highest BCUT2D eigenvalue weighted by atomic mass is 35.5. The van der Waals surface area contributed by atoms with Gasteiger partial charge in [-0.15, -0.1) is 0 Å². The Hall–Kier alpha value is -0.910. The van der Waals surface area contributed by atoms with E-state index in [1.54, 1.807) is 13.2 Å². The van der Waals surface area contributed by atoms with Crippen LogP contribution in [0.25, 0.3) is 0 Å². The molecule has 1 aromatic heterocycles. The smallest absolute Gasteiger partial charge is 0.158 e. The Morgan fingerprint density at radius 2 is 2.35 bits per heavy atom. The Morgan fingerprint density at radius 3 is 2.94 bits per heavy atom. The van der Waals surface area contributed by atoms with Crippen LogP contribution in [0.5, 0.6) is 0 Å². The van der Waals surface area contributed by atoms with Crippen LogP contribution in [0.2, 0.25) is 5.15 Å². The molecule has 0 aliphatic carbocycles. The van der Waals surface area contributed by atoms with E-state index in [9.17, 15) is 5.11 Å². The van der Waals surface area contributed by atoms with Crippen LogP contribution in [0.4, 0.5) is 5.82 Å². The summed E-state index contributed by atoms with van der Waals surface area (Å²) in [4.78, 5) is 10.4. The van der Waals surface area contributed by atoms with E-state index in [2.05, 4.69) is 9.97 Å². The molecule has 2 rings (SSSR count). The summed E-state index contributed by atoms with van der Waals surface area (Å²) in [7, 11) is 1.59. The highest BCUT2D eigenvalue weighted by molar-refractivity contribution is 6.29. The molecule has 1 atom stereocenters. The molecule has 94 valence electrons. The summed E-state index contributed by atoms with van der Waals surface area (Å²) in [5.74, 6) is 1.30. The Bertz CT molecular complexity index is 412. The van der Waals surface area contributed by atoms with E-state index < -0.39 is 5.60 Å². The van der Waals surface area contributed by atoms with Crippen molar-refractivity contribution < 1.29 is 9.84 Å². The van der Waals surface area contributed by atoms with Gasteiger partial charge in [0, 0.05) is 26.3 Å². The van der Waals surface area contributed by atoms with Crippen LogP contribution in [-0.4, -0.2) is 40.9 Å². The van der Waals surface area contributed by atoms with Gasteiger partial charge in [-0.3, -0.25) is 0 Å². The molecule has 0 spiro atoms. The minimum Gasteiger partial charge on any atom is -0.388 e. The summed E-state index contributed by atoms with van der Waals surface area (Å²) in [6, 6.07) is 1.71. The molecular formula is C11H16ClN3O2. The average molecular weight is 258 g/mol. The van der Waals surface area contributed by atoms with Crippen molar-refractivity contribution in [3.05, 3.63) is 17.0 Å². The number of aliphatic hydroxyl groups is 1. The van der Waals surface area contributed by atoms with Crippen molar-refractivity contribution in [3.63, 3.8) is 0 Å². The summed E-state index contributed by atoms with van der Waals surface area (Å²) in [5.41, 5.74) is -0.654. The van der Waals surface area contributed by atoms with E-state index in [4.69, 9.17) is 16.3 Å². The normalized spacial score (nSPS) is 24.4. The molecule has 0 saturated carbocycles.